The highest BCUT2D eigenvalue weighted by molar-refractivity contribution is 7.09. The Balaban J connectivity index is 2.05. The molecule has 16 heavy (non-hydrogen) atoms. The lowest BCUT2D eigenvalue weighted by Crippen LogP contribution is -2.31. The molecule has 0 radical (unpaired) electrons. The van der Waals surface area contributed by atoms with Crippen LogP contribution >= 0.6 is 22.9 Å². The van der Waals surface area contributed by atoms with Gasteiger partial charge in [0.25, 0.3) is 0 Å². The van der Waals surface area contributed by atoms with Crippen LogP contribution in [0.3, 0.4) is 0 Å². The number of halogens is 1. The minimum atomic E-state index is 0.217. The van der Waals surface area contributed by atoms with E-state index in [4.69, 9.17) is 16.7 Å². The third-order valence-electron chi connectivity index (χ3n) is 2.94. The Kier molecular flexibility index (Phi) is 4.19. The van der Waals surface area contributed by atoms with E-state index in [-0.39, 0.29) is 6.61 Å². The van der Waals surface area contributed by atoms with Gasteiger partial charge in [0.15, 0.2) is 0 Å². The van der Waals surface area contributed by atoms with Crippen LogP contribution in [0.2, 0.25) is 0 Å². The van der Waals surface area contributed by atoms with Crippen LogP contribution in [-0.4, -0.2) is 34.2 Å². The second kappa shape index (κ2) is 5.45. The van der Waals surface area contributed by atoms with E-state index < -0.39 is 0 Å². The second-order valence-electron chi connectivity index (χ2n) is 4.18. The molecule has 1 aromatic heterocycles. The summed E-state index contributed by atoms with van der Waals surface area (Å²) in [6, 6.07) is 0.937. The lowest BCUT2D eigenvalue weighted by Gasteiger charge is -2.26. The normalized spacial score (nSPS) is 18.0. The van der Waals surface area contributed by atoms with Crippen LogP contribution in [0.25, 0.3) is 0 Å². The molecule has 3 nitrogen and oxygen atoms in total. The van der Waals surface area contributed by atoms with Crippen molar-refractivity contribution < 1.29 is 5.11 Å². The number of hydrogen-bond acceptors (Lipinski definition) is 4. The summed E-state index contributed by atoms with van der Waals surface area (Å²) in [5.41, 5.74) is 0.952. The number of aliphatic hydroxyl groups excluding tert-OH is 1. The molecule has 1 aliphatic carbocycles. The molecule has 0 amide bonds. The first kappa shape index (κ1) is 12.3. The van der Waals surface area contributed by atoms with Crippen molar-refractivity contribution in [2.75, 3.05) is 13.2 Å². The summed E-state index contributed by atoms with van der Waals surface area (Å²) in [4.78, 5) is 6.85. The first-order valence-electron chi connectivity index (χ1n) is 5.63. The fourth-order valence-electron chi connectivity index (χ4n) is 1.93. The number of rotatable bonds is 6. The van der Waals surface area contributed by atoms with E-state index in [0.717, 1.165) is 17.2 Å². The van der Waals surface area contributed by atoms with Crippen molar-refractivity contribution in [2.45, 2.75) is 37.7 Å². The van der Waals surface area contributed by atoms with Gasteiger partial charge in [0.05, 0.1) is 24.2 Å². The van der Waals surface area contributed by atoms with Crippen LogP contribution < -0.4 is 0 Å². The largest absolute Gasteiger partial charge is 0.395 e. The molecule has 0 saturated heterocycles. The Hall–Kier alpha value is -0.160. The Bertz CT molecular complexity index is 340. The molecule has 1 saturated carbocycles. The van der Waals surface area contributed by atoms with Gasteiger partial charge in [-0.15, -0.1) is 22.9 Å². The van der Waals surface area contributed by atoms with E-state index in [1.54, 1.807) is 11.3 Å². The highest BCUT2D eigenvalue weighted by Gasteiger charge is 2.33. The van der Waals surface area contributed by atoms with Crippen molar-refractivity contribution in [2.24, 2.45) is 0 Å². The van der Waals surface area contributed by atoms with E-state index in [0.29, 0.717) is 18.0 Å². The Labute approximate surface area is 105 Å². The number of aliphatic hydroxyl groups is 1. The van der Waals surface area contributed by atoms with Gasteiger partial charge in [-0.3, -0.25) is 4.90 Å². The van der Waals surface area contributed by atoms with Crippen LogP contribution in [0.1, 0.15) is 36.5 Å². The van der Waals surface area contributed by atoms with Gasteiger partial charge >= 0.3 is 0 Å². The molecule has 1 fully saturated rings. The Morgan fingerprint density at radius 1 is 1.69 bits per heavy atom. The van der Waals surface area contributed by atoms with Gasteiger partial charge in [0, 0.05) is 18.0 Å². The number of hydrogen-bond donors (Lipinski definition) is 1. The summed E-state index contributed by atoms with van der Waals surface area (Å²) in [7, 11) is 0. The van der Waals surface area contributed by atoms with Gasteiger partial charge in [-0.25, -0.2) is 4.98 Å². The molecule has 5 heteroatoms. The second-order valence-corrected chi connectivity index (χ2v) is 5.34. The average Bonchev–Trinajstić information content (AvgIpc) is 3.02. The minimum Gasteiger partial charge on any atom is -0.395 e. The molecule has 0 aromatic carbocycles. The molecule has 0 spiro atoms. The molecule has 0 aliphatic heterocycles. The van der Waals surface area contributed by atoms with Crippen molar-refractivity contribution in [3.63, 3.8) is 0 Å². The summed E-state index contributed by atoms with van der Waals surface area (Å²) in [5.74, 6) is 0.479. The fourth-order valence-corrected chi connectivity index (χ4v) is 3.06. The molecule has 1 unspecified atom stereocenters. The Morgan fingerprint density at radius 2 is 2.44 bits per heavy atom. The molecule has 1 N–H and O–H groups in total. The van der Waals surface area contributed by atoms with Gasteiger partial charge in [-0.05, 0) is 19.8 Å². The lowest BCUT2D eigenvalue weighted by molar-refractivity contribution is 0.150. The minimum absolute atomic E-state index is 0.217. The average molecular weight is 261 g/mol. The number of nitrogens with zero attached hydrogens (tertiary/aromatic N) is 2. The van der Waals surface area contributed by atoms with Gasteiger partial charge < -0.3 is 5.11 Å². The first-order valence-corrected chi connectivity index (χ1v) is 7.04. The summed E-state index contributed by atoms with van der Waals surface area (Å²) >= 11 is 7.41. The third kappa shape index (κ3) is 2.74. The molecule has 1 atom stereocenters. The molecule has 1 heterocycles. The molecule has 90 valence electrons. The summed E-state index contributed by atoms with van der Waals surface area (Å²) in [6.45, 7) is 3.11. The SMILES string of the molecule is CC(c1nc(CCl)cs1)N(CCO)C1CC1. The number of thiazole rings is 1. The topological polar surface area (TPSA) is 36.4 Å². The highest BCUT2D eigenvalue weighted by atomic mass is 35.5. The van der Waals surface area contributed by atoms with Crippen LogP contribution in [0.5, 0.6) is 0 Å². The number of alkyl halides is 1. The van der Waals surface area contributed by atoms with Gasteiger partial charge in [-0.1, -0.05) is 0 Å². The van der Waals surface area contributed by atoms with Crippen LogP contribution in [0.15, 0.2) is 5.38 Å². The summed E-state index contributed by atoms with van der Waals surface area (Å²) in [5, 5.41) is 12.2. The number of aromatic nitrogens is 1. The smallest absolute Gasteiger partial charge is 0.110 e. The molecule has 2 rings (SSSR count). The van der Waals surface area contributed by atoms with E-state index >= 15 is 0 Å². The van der Waals surface area contributed by atoms with Crippen LogP contribution in [0, 0.1) is 0 Å². The zero-order valence-corrected chi connectivity index (χ0v) is 11.0. The predicted molar refractivity (Wildman–Crippen MR) is 66.9 cm³/mol. The van der Waals surface area contributed by atoms with E-state index in [1.165, 1.54) is 12.8 Å². The van der Waals surface area contributed by atoms with E-state index in [2.05, 4.69) is 16.8 Å². The maximum atomic E-state index is 9.08. The van der Waals surface area contributed by atoms with E-state index in [1.807, 2.05) is 5.38 Å². The standard InChI is InChI=1S/C11H17ClN2OS/c1-8(11-13-9(6-12)7-16-11)14(4-5-15)10-2-3-10/h7-8,10,15H,2-6H2,1H3. The zero-order chi connectivity index (χ0) is 11.5. The molecule has 0 bridgehead atoms. The quantitative estimate of drug-likeness (QED) is 0.798. The lowest BCUT2D eigenvalue weighted by atomic mass is 10.3. The Morgan fingerprint density at radius 3 is 2.94 bits per heavy atom. The van der Waals surface area contributed by atoms with Crippen molar-refractivity contribution in [1.29, 1.82) is 0 Å². The van der Waals surface area contributed by atoms with Gasteiger partial charge in [0.2, 0.25) is 0 Å². The van der Waals surface area contributed by atoms with Crippen molar-refractivity contribution in [3.8, 4) is 0 Å². The monoisotopic (exact) mass is 260 g/mol. The third-order valence-corrected chi connectivity index (χ3v) is 4.27. The first-order chi connectivity index (χ1) is 7.76. The van der Waals surface area contributed by atoms with Gasteiger partial charge in [-0.2, -0.15) is 0 Å². The molecular weight excluding hydrogens is 244 g/mol. The maximum absolute atomic E-state index is 9.08. The molecule has 1 aliphatic rings. The molecule has 1 aromatic rings. The fraction of sp³-hybridized carbons (Fsp3) is 0.727. The van der Waals surface area contributed by atoms with Crippen LogP contribution in [-0.2, 0) is 5.88 Å². The predicted octanol–water partition coefficient (Wildman–Crippen LogP) is 2.40. The molecular formula is C11H17ClN2OS. The van der Waals surface area contributed by atoms with Crippen LogP contribution in [0.4, 0.5) is 0 Å². The summed E-state index contributed by atoms with van der Waals surface area (Å²) < 4.78 is 0. The van der Waals surface area contributed by atoms with Gasteiger partial charge in [0.1, 0.15) is 5.01 Å². The maximum Gasteiger partial charge on any atom is 0.110 e. The summed E-state index contributed by atoms with van der Waals surface area (Å²) in [6.07, 6.45) is 2.50. The highest BCUT2D eigenvalue weighted by Crippen LogP contribution is 2.34. The zero-order valence-electron chi connectivity index (χ0n) is 9.40. The van der Waals surface area contributed by atoms with Crippen molar-refractivity contribution in [1.82, 2.24) is 9.88 Å². The van der Waals surface area contributed by atoms with Crippen molar-refractivity contribution in [3.05, 3.63) is 16.1 Å². The van der Waals surface area contributed by atoms with Crippen molar-refractivity contribution >= 4 is 22.9 Å². The van der Waals surface area contributed by atoms with E-state index in [9.17, 15) is 0 Å².